The minimum atomic E-state index is -0.520. The molecular formula is C27H37N5O5. The maximum absolute atomic E-state index is 13.1. The minimum Gasteiger partial charge on any atom is -0.496 e. The number of nitro groups is 1. The second kappa shape index (κ2) is 9.45. The number of fused-ring (bicyclic) bond motifs is 2. The fourth-order valence-electron chi connectivity index (χ4n) is 8.63. The first-order valence-electron chi connectivity index (χ1n) is 13.8. The summed E-state index contributed by atoms with van der Waals surface area (Å²) in [7, 11) is 1.44. The summed E-state index contributed by atoms with van der Waals surface area (Å²) in [6.45, 7) is 0.185. The van der Waals surface area contributed by atoms with Crippen LogP contribution in [0.15, 0.2) is 18.2 Å². The van der Waals surface area contributed by atoms with Crippen LogP contribution in [0.1, 0.15) is 64.2 Å². The molecule has 3 amide bonds. The van der Waals surface area contributed by atoms with Gasteiger partial charge in [-0.1, -0.05) is 0 Å². The molecule has 4 aliphatic carbocycles. The van der Waals surface area contributed by atoms with E-state index in [0.717, 1.165) is 62.7 Å². The Morgan fingerprint density at radius 3 is 2.24 bits per heavy atom. The molecule has 2 heterocycles. The van der Waals surface area contributed by atoms with Gasteiger partial charge in [0.05, 0.1) is 24.6 Å². The van der Waals surface area contributed by atoms with Crippen LogP contribution < -0.4 is 20.7 Å². The Kier molecular flexibility index (Phi) is 6.25. The number of nitrogens with zero attached hydrogens (tertiary/aromatic N) is 2. The zero-order valence-corrected chi connectivity index (χ0v) is 21.4. The van der Waals surface area contributed by atoms with Crippen molar-refractivity contribution in [2.45, 2.75) is 87.9 Å². The van der Waals surface area contributed by atoms with Gasteiger partial charge in [-0.3, -0.25) is 19.8 Å². The largest absolute Gasteiger partial charge is 0.496 e. The summed E-state index contributed by atoms with van der Waals surface area (Å²) in [5.41, 5.74) is -0.0228. The lowest BCUT2D eigenvalue weighted by molar-refractivity contribution is -0.384. The highest BCUT2D eigenvalue weighted by Crippen LogP contribution is 2.55. The van der Waals surface area contributed by atoms with Crippen LogP contribution in [0, 0.1) is 27.9 Å². The molecule has 1 aromatic rings. The Balaban J connectivity index is 1.03. The third-order valence-corrected chi connectivity index (χ3v) is 9.64. The number of amides is 3. The molecule has 37 heavy (non-hydrogen) atoms. The first-order valence-corrected chi connectivity index (χ1v) is 13.8. The Hall–Kier alpha value is -2.88. The van der Waals surface area contributed by atoms with Gasteiger partial charge < -0.3 is 20.7 Å². The van der Waals surface area contributed by atoms with E-state index < -0.39 is 4.92 Å². The molecule has 6 aliphatic rings. The van der Waals surface area contributed by atoms with Crippen molar-refractivity contribution in [1.29, 1.82) is 0 Å². The molecule has 2 saturated heterocycles. The summed E-state index contributed by atoms with van der Waals surface area (Å²) in [5.74, 6) is 2.46. The Morgan fingerprint density at radius 1 is 1.05 bits per heavy atom. The average molecular weight is 512 g/mol. The van der Waals surface area contributed by atoms with E-state index in [4.69, 9.17) is 4.74 Å². The molecule has 0 radical (unpaired) electrons. The number of carbonyl (C=O) groups is 2. The Labute approximate surface area is 217 Å². The maximum Gasteiger partial charge on any atom is 0.315 e. The van der Waals surface area contributed by atoms with Gasteiger partial charge in [-0.15, -0.1) is 0 Å². The number of hydrogen-bond acceptors (Lipinski definition) is 6. The van der Waals surface area contributed by atoms with Gasteiger partial charge in [0.1, 0.15) is 11.4 Å². The number of urea groups is 1. The lowest BCUT2D eigenvalue weighted by Gasteiger charge is -2.56. The summed E-state index contributed by atoms with van der Waals surface area (Å²) in [5, 5.41) is 20.9. The molecular weight excluding hydrogens is 474 g/mol. The van der Waals surface area contributed by atoms with E-state index in [0.29, 0.717) is 5.75 Å². The molecule has 6 fully saturated rings. The molecule has 7 rings (SSSR count). The molecule has 6 bridgehead atoms. The number of anilines is 1. The highest BCUT2D eigenvalue weighted by Gasteiger charge is 2.52. The molecule has 200 valence electrons. The monoisotopic (exact) mass is 511 g/mol. The average Bonchev–Trinajstić information content (AvgIpc) is 3.04. The molecule has 2 atom stereocenters. The van der Waals surface area contributed by atoms with Gasteiger partial charge in [0, 0.05) is 23.7 Å². The Bertz CT molecular complexity index is 1040. The van der Waals surface area contributed by atoms with Crippen molar-refractivity contribution in [3.8, 4) is 5.75 Å². The standard InChI is InChI=1S/C27H37N5O5/c1-37-22-4-5-23(24(11-22)32(35)36)29-25(33)15-31-20-2-3-21(31)10-19(9-20)28-26(34)30-27-12-16-6-17(13-27)8-18(7-16)14-27/h4-5,11,16-21H,2-3,6-10,12-15H2,1H3,(H,29,33)(H2,28,30,34). The predicted molar refractivity (Wildman–Crippen MR) is 137 cm³/mol. The number of hydrogen-bond donors (Lipinski definition) is 3. The van der Waals surface area contributed by atoms with Crippen molar-refractivity contribution >= 4 is 23.3 Å². The van der Waals surface area contributed by atoms with Gasteiger partial charge in [-0.2, -0.15) is 0 Å². The number of benzene rings is 1. The zero-order valence-electron chi connectivity index (χ0n) is 21.4. The molecule has 2 unspecified atom stereocenters. The van der Waals surface area contributed by atoms with E-state index in [1.165, 1.54) is 38.5 Å². The van der Waals surface area contributed by atoms with Gasteiger partial charge in [0.25, 0.3) is 5.69 Å². The molecule has 3 N–H and O–H groups in total. The lowest BCUT2D eigenvalue weighted by atomic mass is 9.53. The molecule has 10 heteroatoms. The molecule has 4 saturated carbocycles. The van der Waals surface area contributed by atoms with Crippen LogP contribution in [0.4, 0.5) is 16.2 Å². The van der Waals surface area contributed by atoms with Crippen molar-refractivity contribution in [2.75, 3.05) is 19.0 Å². The summed E-state index contributed by atoms with van der Waals surface area (Å²) in [6, 6.07) is 4.93. The fourth-order valence-corrected chi connectivity index (χ4v) is 8.63. The molecule has 2 aliphatic heterocycles. The highest BCUT2D eigenvalue weighted by molar-refractivity contribution is 5.94. The van der Waals surface area contributed by atoms with Gasteiger partial charge in [0.15, 0.2) is 0 Å². The quantitative estimate of drug-likeness (QED) is 0.378. The van der Waals surface area contributed by atoms with Crippen LogP contribution in [0.2, 0.25) is 0 Å². The normalized spacial score (nSPS) is 35.7. The topological polar surface area (TPSA) is 126 Å². The molecule has 1 aromatic carbocycles. The highest BCUT2D eigenvalue weighted by atomic mass is 16.6. The summed E-state index contributed by atoms with van der Waals surface area (Å²) >= 11 is 0. The minimum absolute atomic E-state index is 0.000668. The molecule has 10 nitrogen and oxygen atoms in total. The van der Waals surface area contributed by atoms with E-state index >= 15 is 0 Å². The molecule has 0 spiro atoms. The number of nitrogens with one attached hydrogen (secondary N) is 3. The van der Waals surface area contributed by atoms with E-state index in [-0.39, 0.29) is 53.5 Å². The fraction of sp³-hybridized carbons (Fsp3) is 0.704. The Morgan fingerprint density at radius 2 is 1.68 bits per heavy atom. The van der Waals surface area contributed by atoms with Gasteiger partial charge in [-0.25, -0.2) is 4.79 Å². The van der Waals surface area contributed by atoms with Gasteiger partial charge in [-0.05, 0) is 94.1 Å². The van der Waals surface area contributed by atoms with Crippen molar-refractivity contribution in [1.82, 2.24) is 15.5 Å². The molecule has 0 aromatic heterocycles. The number of methoxy groups -OCH3 is 1. The zero-order chi connectivity index (χ0) is 25.7. The SMILES string of the molecule is COc1ccc(NC(=O)CN2C3CCC2CC(NC(=O)NC24CC5CC(CC(C5)C2)C4)C3)c([N+](=O)[O-])c1. The van der Waals surface area contributed by atoms with Crippen LogP contribution in [0.5, 0.6) is 5.75 Å². The third kappa shape index (κ3) is 4.87. The number of nitro benzene ring substituents is 1. The van der Waals surface area contributed by atoms with Crippen LogP contribution in [-0.2, 0) is 4.79 Å². The van der Waals surface area contributed by atoms with Crippen LogP contribution in [-0.4, -0.2) is 59.1 Å². The smallest absolute Gasteiger partial charge is 0.315 e. The van der Waals surface area contributed by atoms with Crippen LogP contribution >= 0.6 is 0 Å². The second-order valence-electron chi connectivity index (χ2n) is 12.2. The van der Waals surface area contributed by atoms with Crippen LogP contribution in [0.25, 0.3) is 0 Å². The number of rotatable bonds is 7. The lowest BCUT2D eigenvalue weighted by Crippen LogP contribution is -2.63. The van der Waals surface area contributed by atoms with Crippen molar-refractivity contribution in [3.05, 3.63) is 28.3 Å². The number of ether oxygens (including phenoxy) is 1. The number of carbonyl (C=O) groups excluding carboxylic acids is 2. The van der Waals surface area contributed by atoms with Crippen molar-refractivity contribution in [3.63, 3.8) is 0 Å². The first-order chi connectivity index (χ1) is 17.8. The van der Waals surface area contributed by atoms with E-state index in [2.05, 4.69) is 20.9 Å². The first kappa shape index (κ1) is 24.5. The maximum atomic E-state index is 13.1. The van der Waals surface area contributed by atoms with Crippen molar-refractivity contribution in [2.24, 2.45) is 17.8 Å². The number of piperidine rings is 1. The summed E-state index contributed by atoms with van der Waals surface area (Å²) in [6.07, 6.45) is 11.1. The third-order valence-electron chi connectivity index (χ3n) is 9.64. The van der Waals surface area contributed by atoms with Gasteiger partial charge >= 0.3 is 6.03 Å². The van der Waals surface area contributed by atoms with E-state index in [1.54, 1.807) is 6.07 Å². The van der Waals surface area contributed by atoms with E-state index in [1.807, 2.05) is 0 Å². The van der Waals surface area contributed by atoms with Crippen LogP contribution in [0.3, 0.4) is 0 Å². The van der Waals surface area contributed by atoms with E-state index in [9.17, 15) is 19.7 Å². The predicted octanol–water partition coefficient (Wildman–Crippen LogP) is 3.81. The van der Waals surface area contributed by atoms with Crippen molar-refractivity contribution < 1.29 is 19.2 Å². The second-order valence-corrected chi connectivity index (χ2v) is 12.2. The summed E-state index contributed by atoms with van der Waals surface area (Å²) in [4.78, 5) is 39.1. The van der Waals surface area contributed by atoms with Gasteiger partial charge in [0.2, 0.25) is 5.91 Å². The summed E-state index contributed by atoms with van der Waals surface area (Å²) < 4.78 is 5.07.